The van der Waals surface area contributed by atoms with E-state index in [9.17, 15) is 14.9 Å². The molecule has 1 amide bonds. The van der Waals surface area contributed by atoms with Gasteiger partial charge in [-0.1, -0.05) is 0 Å². The van der Waals surface area contributed by atoms with Crippen molar-refractivity contribution >= 4 is 28.2 Å². The lowest BCUT2D eigenvalue weighted by Gasteiger charge is -2.09. The molecular formula is C17H15N3O5. The number of nitrogens with zero attached hydrogens (tertiary/aromatic N) is 1. The van der Waals surface area contributed by atoms with Crippen molar-refractivity contribution in [1.29, 1.82) is 0 Å². The average molecular weight is 341 g/mol. The van der Waals surface area contributed by atoms with Crippen LogP contribution in [0.3, 0.4) is 0 Å². The Bertz CT molecular complexity index is 942. The van der Waals surface area contributed by atoms with Gasteiger partial charge < -0.3 is 19.8 Å². The van der Waals surface area contributed by atoms with Gasteiger partial charge in [0.05, 0.1) is 19.1 Å². The van der Waals surface area contributed by atoms with E-state index >= 15 is 0 Å². The fourth-order valence-corrected chi connectivity index (χ4v) is 2.43. The zero-order valence-corrected chi connectivity index (χ0v) is 13.5. The van der Waals surface area contributed by atoms with Gasteiger partial charge >= 0.3 is 0 Å². The first kappa shape index (κ1) is 16.3. The van der Waals surface area contributed by atoms with Gasteiger partial charge in [-0.05, 0) is 12.1 Å². The number of nitro groups is 1. The lowest BCUT2D eigenvalue weighted by molar-refractivity contribution is -0.384. The molecule has 0 unspecified atom stereocenters. The second kappa shape index (κ2) is 6.52. The van der Waals surface area contributed by atoms with Crippen LogP contribution in [-0.4, -0.2) is 30.0 Å². The Hall–Kier alpha value is -3.55. The molecule has 3 aromatic rings. The van der Waals surface area contributed by atoms with Crippen LogP contribution in [0, 0.1) is 10.1 Å². The summed E-state index contributed by atoms with van der Waals surface area (Å²) in [4.78, 5) is 25.7. The molecule has 0 fully saturated rings. The third-order valence-electron chi connectivity index (χ3n) is 3.67. The number of rotatable bonds is 5. The third kappa shape index (κ3) is 3.37. The van der Waals surface area contributed by atoms with Crippen molar-refractivity contribution in [3.63, 3.8) is 0 Å². The van der Waals surface area contributed by atoms with Gasteiger partial charge in [-0.15, -0.1) is 0 Å². The SMILES string of the molecule is COc1cc(NC(=O)c2cc3cc([N+](=O)[O-])ccc3[nH]2)cc(OC)c1. The molecule has 1 heterocycles. The highest BCUT2D eigenvalue weighted by Gasteiger charge is 2.13. The molecule has 0 bridgehead atoms. The normalized spacial score (nSPS) is 10.5. The molecule has 0 saturated carbocycles. The molecule has 128 valence electrons. The molecular weight excluding hydrogens is 326 g/mol. The maximum Gasteiger partial charge on any atom is 0.272 e. The van der Waals surface area contributed by atoms with Crippen molar-refractivity contribution in [3.8, 4) is 11.5 Å². The number of H-pyrrole nitrogens is 1. The summed E-state index contributed by atoms with van der Waals surface area (Å²) in [6, 6.07) is 10.9. The molecule has 3 rings (SSSR count). The maximum absolute atomic E-state index is 12.4. The number of hydrogen-bond donors (Lipinski definition) is 2. The van der Waals surface area contributed by atoms with E-state index in [1.165, 1.54) is 26.4 Å². The highest BCUT2D eigenvalue weighted by molar-refractivity contribution is 6.06. The lowest BCUT2D eigenvalue weighted by Crippen LogP contribution is -2.12. The molecule has 0 aliphatic carbocycles. The first-order valence-corrected chi connectivity index (χ1v) is 7.32. The molecule has 2 N–H and O–H groups in total. The van der Waals surface area contributed by atoms with Gasteiger partial charge in [0.15, 0.2) is 0 Å². The molecule has 8 nitrogen and oxygen atoms in total. The minimum Gasteiger partial charge on any atom is -0.497 e. The minimum absolute atomic E-state index is 0.0315. The number of nitro benzene ring substituents is 1. The molecule has 0 atom stereocenters. The molecule has 0 aliphatic rings. The summed E-state index contributed by atoms with van der Waals surface area (Å²) >= 11 is 0. The fourth-order valence-electron chi connectivity index (χ4n) is 2.43. The number of amides is 1. The summed E-state index contributed by atoms with van der Waals surface area (Å²) in [5.41, 5.74) is 1.40. The highest BCUT2D eigenvalue weighted by atomic mass is 16.6. The number of hydrogen-bond acceptors (Lipinski definition) is 5. The first-order valence-electron chi connectivity index (χ1n) is 7.32. The number of ether oxygens (including phenoxy) is 2. The molecule has 0 spiro atoms. The predicted octanol–water partition coefficient (Wildman–Crippen LogP) is 3.35. The smallest absolute Gasteiger partial charge is 0.272 e. The maximum atomic E-state index is 12.4. The Morgan fingerprint density at radius 3 is 2.36 bits per heavy atom. The van der Waals surface area contributed by atoms with Crippen LogP contribution in [0.1, 0.15) is 10.5 Å². The number of benzene rings is 2. The number of aromatic amines is 1. The van der Waals surface area contributed by atoms with E-state index in [-0.39, 0.29) is 17.3 Å². The van der Waals surface area contributed by atoms with Crippen LogP contribution in [-0.2, 0) is 0 Å². The van der Waals surface area contributed by atoms with Crippen LogP contribution in [0.25, 0.3) is 10.9 Å². The number of fused-ring (bicyclic) bond motifs is 1. The number of carbonyl (C=O) groups excluding carboxylic acids is 1. The summed E-state index contributed by atoms with van der Waals surface area (Å²) in [6.45, 7) is 0. The zero-order valence-electron chi connectivity index (χ0n) is 13.5. The molecule has 2 aromatic carbocycles. The van der Waals surface area contributed by atoms with Crippen LogP contribution in [0.5, 0.6) is 11.5 Å². The molecule has 1 aromatic heterocycles. The summed E-state index contributed by atoms with van der Waals surface area (Å²) in [6.07, 6.45) is 0. The summed E-state index contributed by atoms with van der Waals surface area (Å²) in [7, 11) is 3.04. The van der Waals surface area contributed by atoms with Crippen LogP contribution < -0.4 is 14.8 Å². The van der Waals surface area contributed by atoms with Crippen molar-refractivity contribution in [3.05, 3.63) is 58.3 Å². The van der Waals surface area contributed by atoms with E-state index in [2.05, 4.69) is 10.3 Å². The van der Waals surface area contributed by atoms with Gasteiger partial charge in [-0.25, -0.2) is 0 Å². The lowest BCUT2D eigenvalue weighted by atomic mass is 10.2. The molecule has 8 heteroatoms. The number of nitrogens with one attached hydrogen (secondary N) is 2. The fraction of sp³-hybridized carbons (Fsp3) is 0.118. The summed E-state index contributed by atoms with van der Waals surface area (Å²) in [5.74, 6) is 0.706. The minimum atomic E-state index is -0.477. The molecule has 25 heavy (non-hydrogen) atoms. The first-order chi connectivity index (χ1) is 12.0. The second-order valence-electron chi connectivity index (χ2n) is 5.27. The number of non-ortho nitro benzene ring substituents is 1. The number of carbonyl (C=O) groups is 1. The van der Waals surface area contributed by atoms with Gasteiger partial charge in [0.1, 0.15) is 17.2 Å². The summed E-state index contributed by atoms with van der Waals surface area (Å²) in [5, 5.41) is 14.2. The van der Waals surface area contributed by atoms with E-state index in [0.717, 1.165) is 0 Å². The molecule has 0 saturated heterocycles. The highest BCUT2D eigenvalue weighted by Crippen LogP contribution is 2.27. The third-order valence-corrected chi connectivity index (χ3v) is 3.67. The van der Waals surface area contributed by atoms with E-state index in [1.54, 1.807) is 30.3 Å². The topological polar surface area (TPSA) is 106 Å². The van der Waals surface area contributed by atoms with Crippen LogP contribution in [0.2, 0.25) is 0 Å². The Labute approximate surface area is 142 Å². The van der Waals surface area contributed by atoms with Crippen molar-refractivity contribution in [2.75, 3.05) is 19.5 Å². The predicted molar refractivity (Wildman–Crippen MR) is 92.5 cm³/mol. The van der Waals surface area contributed by atoms with E-state index in [1.807, 2.05) is 0 Å². The van der Waals surface area contributed by atoms with Crippen molar-refractivity contribution in [1.82, 2.24) is 4.98 Å². The Morgan fingerprint density at radius 2 is 1.76 bits per heavy atom. The second-order valence-corrected chi connectivity index (χ2v) is 5.27. The van der Waals surface area contributed by atoms with Gasteiger partial charge in [0.2, 0.25) is 0 Å². The Balaban J connectivity index is 1.88. The van der Waals surface area contributed by atoms with Crippen molar-refractivity contribution in [2.45, 2.75) is 0 Å². The van der Waals surface area contributed by atoms with E-state index in [0.29, 0.717) is 28.1 Å². The van der Waals surface area contributed by atoms with Crippen molar-refractivity contribution in [2.24, 2.45) is 0 Å². The van der Waals surface area contributed by atoms with Gasteiger partial charge in [-0.2, -0.15) is 0 Å². The van der Waals surface area contributed by atoms with Crippen LogP contribution >= 0.6 is 0 Å². The number of methoxy groups -OCH3 is 2. The molecule has 0 aliphatic heterocycles. The molecule has 0 radical (unpaired) electrons. The van der Waals surface area contributed by atoms with E-state index in [4.69, 9.17) is 9.47 Å². The largest absolute Gasteiger partial charge is 0.497 e. The quantitative estimate of drug-likeness (QED) is 0.547. The Morgan fingerprint density at radius 1 is 1.08 bits per heavy atom. The zero-order chi connectivity index (χ0) is 18.0. The van der Waals surface area contributed by atoms with Crippen LogP contribution in [0.4, 0.5) is 11.4 Å². The Kier molecular flexibility index (Phi) is 4.25. The number of aromatic nitrogens is 1. The van der Waals surface area contributed by atoms with Gasteiger partial charge in [-0.3, -0.25) is 14.9 Å². The summed E-state index contributed by atoms with van der Waals surface area (Å²) < 4.78 is 10.3. The van der Waals surface area contributed by atoms with Crippen LogP contribution in [0.15, 0.2) is 42.5 Å². The standard InChI is InChI=1S/C17H15N3O5/c1-24-13-7-11(8-14(9-13)25-2)18-17(21)16-6-10-5-12(20(22)23)3-4-15(10)19-16/h3-9,19H,1-2H3,(H,18,21). The van der Waals surface area contributed by atoms with E-state index < -0.39 is 4.92 Å². The van der Waals surface area contributed by atoms with Gasteiger partial charge in [0.25, 0.3) is 11.6 Å². The monoisotopic (exact) mass is 341 g/mol. The average Bonchev–Trinajstić information content (AvgIpc) is 3.04. The van der Waals surface area contributed by atoms with Crippen molar-refractivity contribution < 1.29 is 19.2 Å². The number of anilines is 1. The van der Waals surface area contributed by atoms with Gasteiger partial charge in [0, 0.05) is 46.9 Å².